The first-order chi connectivity index (χ1) is 18.5. The number of pyridine rings is 1. The molecule has 0 aliphatic carbocycles. The van der Waals surface area contributed by atoms with E-state index in [1.807, 2.05) is 61.5 Å². The van der Waals surface area contributed by atoms with E-state index < -0.39 is 11.9 Å². The van der Waals surface area contributed by atoms with E-state index in [0.29, 0.717) is 48.7 Å². The Morgan fingerprint density at radius 3 is 2.66 bits per heavy atom. The maximum Gasteiger partial charge on any atom is 0.265 e. The number of carbonyl (C=O) groups is 1. The summed E-state index contributed by atoms with van der Waals surface area (Å²) in [5.74, 6) is -0.333. The zero-order valence-corrected chi connectivity index (χ0v) is 20.9. The standard InChI is InChI=1S/C28H27N7O3/c1-18(31-27(36)24-25(29)32-34-12-6-11-30-26(24)34)22-17-19-7-5-10-21(33-13-15-38-16-14-33)23(19)28(37)35(22)20-8-3-2-4-9-20/h2-12,17-18H,13-16H2,1H3,(H2,29,32)(H,31,36)/t18-/m0/s1. The molecule has 10 heteroatoms. The highest BCUT2D eigenvalue weighted by molar-refractivity contribution is 6.04. The van der Waals surface area contributed by atoms with Crippen LogP contribution in [-0.2, 0) is 4.74 Å². The Hall–Kier alpha value is -4.70. The molecule has 1 fully saturated rings. The number of rotatable bonds is 5. The van der Waals surface area contributed by atoms with Crippen LogP contribution in [-0.4, -0.2) is 51.4 Å². The maximum atomic E-state index is 14.2. The molecule has 3 aromatic heterocycles. The van der Waals surface area contributed by atoms with E-state index >= 15 is 0 Å². The second-order valence-corrected chi connectivity index (χ2v) is 9.23. The van der Waals surface area contributed by atoms with Gasteiger partial charge in [-0.1, -0.05) is 30.3 Å². The second kappa shape index (κ2) is 9.64. The number of hydrogen-bond donors (Lipinski definition) is 2. The van der Waals surface area contributed by atoms with Gasteiger partial charge in [0.15, 0.2) is 11.5 Å². The van der Waals surface area contributed by atoms with Crippen LogP contribution in [0, 0.1) is 0 Å². The van der Waals surface area contributed by atoms with Crippen molar-refractivity contribution in [3.8, 4) is 5.69 Å². The zero-order chi connectivity index (χ0) is 26.2. The van der Waals surface area contributed by atoms with Gasteiger partial charge in [0.2, 0.25) is 0 Å². The van der Waals surface area contributed by atoms with Gasteiger partial charge in [-0.25, -0.2) is 9.50 Å². The number of nitrogens with two attached hydrogens (primary N) is 1. The lowest BCUT2D eigenvalue weighted by atomic mass is 10.0. The number of amides is 1. The summed E-state index contributed by atoms with van der Waals surface area (Å²) in [6.45, 7) is 4.51. The highest BCUT2D eigenvalue weighted by atomic mass is 16.5. The number of benzene rings is 2. The molecule has 1 saturated heterocycles. The van der Waals surface area contributed by atoms with Gasteiger partial charge in [-0.15, -0.1) is 5.10 Å². The van der Waals surface area contributed by atoms with Crippen molar-refractivity contribution in [3.63, 3.8) is 0 Å². The number of aromatic nitrogens is 4. The van der Waals surface area contributed by atoms with Gasteiger partial charge in [0.1, 0.15) is 5.56 Å². The number of para-hydroxylation sites is 1. The van der Waals surface area contributed by atoms with Crippen LogP contribution in [0.25, 0.3) is 22.1 Å². The third-order valence-electron chi connectivity index (χ3n) is 6.86. The molecular weight excluding hydrogens is 482 g/mol. The number of nitrogens with one attached hydrogen (secondary N) is 1. The molecule has 4 heterocycles. The summed E-state index contributed by atoms with van der Waals surface area (Å²) in [6, 6.07) is 18.5. The SMILES string of the molecule is C[C@H](NC(=O)c1c(N)nn2cccnc12)c1cc2cccc(N3CCOCC3)c2c(=O)n1-c1ccccc1. The van der Waals surface area contributed by atoms with Crippen LogP contribution in [0.2, 0.25) is 0 Å². The smallest absolute Gasteiger partial charge is 0.265 e. The van der Waals surface area contributed by atoms with Gasteiger partial charge in [0.25, 0.3) is 11.5 Å². The number of ether oxygens (including phenoxy) is 1. The Balaban J connectivity index is 1.48. The number of anilines is 2. The molecule has 2 aromatic carbocycles. The molecule has 1 aliphatic rings. The molecule has 0 bridgehead atoms. The number of morpholine rings is 1. The molecule has 6 rings (SSSR count). The third kappa shape index (κ3) is 4.04. The van der Waals surface area contributed by atoms with Crippen LogP contribution in [0.15, 0.2) is 77.9 Å². The summed E-state index contributed by atoms with van der Waals surface area (Å²) in [5.41, 5.74) is 8.72. The number of carbonyl (C=O) groups excluding carboxylic acids is 1. The quantitative estimate of drug-likeness (QED) is 0.374. The van der Waals surface area contributed by atoms with Crippen molar-refractivity contribution in [3.05, 3.63) is 94.7 Å². The summed E-state index contributed by atoms with van der Waals surface area (Å²) in [4.78, 5) is 34.1. The molecule has 0 spiro atoms. The molecule has 38 heavy (non-hydrogen) atoms. The van der Waals surface area contributed by atoms with Crippen molar-refractivity contribution < 1.29 is 9.53 Å². The largest absolute Gasteiger partial charge is 0.381 e. The fourth-order valence-corrected chi connectivity index (χ4v) is 5.06. The number of hydrogen-bond acceptors (Lipinski definition) is 7. The molecule has 1 amide bonds. The summed E-state index contributed by atoms with van der Waals surface area (Å²) in [7, 11) is 0. The van der Waals surface area contributed by atoms with E-state index in [1.54, 1.807) is 23.0 Å². The number of nitrogen functional groups attached to an aromatic ring is 1. The van der Waals surface area contributed by atoms with Gasteiger partial charge < -0.3 is 20.7 Å². The molecule has 5 aromatic rings. The van der Waals surface area contributed by atoms with E-state index in [4.69, 9.17) is 10.5 Å². The Labute approximate surface area is 218 Å². The minimum Gasteiger partial charge on any atom is -0.381 e. The van der Waals surface area contributed by atoms with Gasteiger partial charge in [-0.05, 0) is 42.6 Å². The number of fused-ring (bicyclic) bond motifs is 2. The van der Waals surface area contributed by atoms with E-state index in [-0.39, 0.29) is 16.9 Å². The van der Waals surface area contributed by atoms with Crippen LogP contribution in [0.5, 0.6) is 0 Å². The molecule has 0 saturated carbocycles. The summed E-state index contributed by atoms with van der Waals surface area (Å²) in [6.07, 6.45) is 3.26. The van der Waals surface area contributed by atoms with Crippen molar-refractivity contribution in [2.45, 2.75) is 13.0 Å². The second-order valence-electron chi connectivity index (χ2n) is 9.23. The predicted octanol–water partition coefficient (Wildman–Crippen LogP) is 2.94. The van der Waals surface area contributed by atoms with Gasteiger partial charge in [0, 0.05) is 36.9 Å². The lowest BCUT2D eigenvalue weighted by Gasteiger charge is -2.30. The van der Waals surface area contributed by atoms with Crippen LogP contribution >= 0.6 is 0 Å². The van der Waals surface area contributed by atoms with Gasteiger partial charge >= 0.3 is 0 Å². The normalized spacial score (nSPS) is 14.6. The molecule has 1 atom stereocenters. The van der Waals surface area contributed by atoms with Crippen molar-refractivity contribution >= 4 is 33.8 Å². The van der Waals surface area contributed by atoms with E-state index in [9.17, 15) is 9.59 Å². The summed E-state index contributed by atoms with van der Waals surface area (Å²) >= 11 is 0. The molecule has 3 N–H and O–H groups in total. The molecule has 0 radical (unpaired) electrons. The predicted molar refractivity (Wildman–Crippen MR) is 146 cm³/mol. The first-order valence-corrected chi connectivity index (χ1v) is 12.5. The number of nitrogens with zero attached hydrogens (tertiary/aromatic N) is 5. The highest BCUT2D eigenvalue weighted by Crippen LogP contribution is 2.29. The topological polar surface area (TPSA) is 120 Å². The Bertz CT molecular complexity index is 1710. The first kappa shape index (κ1) is 23.7. The summed E-state index contributed by atoms with van der Waals surface area (Å²) in [5, 5.41) is 8.64. The van der Waals surface area contributed by atoms with Crippen molar-refractivity contribution in [2.24, 2.45) is 0 Å². The average Bonchev–Trinajstić information content (AvgIpc) is 3.29. The van der Waals surface area contributed by atoms with Crippen molar-refractivity contribution in [1.82, 2.24) is 24.5 Å². The lowest BCUT2D eigenvalue weighted by molar-refractivity contribution is 0.0941. The Morgan fingerprint density at radius 1 is 1.08 bits per heavy atom. The molecule has 192 valence electrons. The maximum absolute atomic E-state index is 14.2. The molecule has 0 unspecified atom stereocenters. The third-order valence-corrected chi connectivity index (χ3v) is 6.86. The van der Waals surface area contributed by atoms with E-state index in [0.717, 1.165) is 11.1 Å². The lowest BCUT2D eigenvalue weighted by Crippen LogP contribution is -2.37. The Kier molecular flexibility index (Phi) is 6.01. The highest BCUT2D eigenvalue weighted by Gasteiger charge is 2.25. The van der Waals surface area contributed by atoms with E-state index in [1.165, 1.54) is 4.52 Å². The van der Waals surface area contributed by atoms with Crippen LogP contribution < -0.4 is 21.5 Å². The minimum atomic E-state index is -0.537. The average molecular weight is 510 g/mol. The van der Waals surface area contributed by atoms with Gasteiger partial charge in [-0.3, -0.25) is 14.2 Å². The van der Waals surface area contributed by atoms with Crippen LogP contribution in [0.1, 0.15) is 29.0 Å². The fourth-order valence-electron chi connectivity index (χ4n) is 5.06. The molecule has 1 aliphatic heterocycles. The van der Waals surface area contributed by atoms with Crippen LogP contribution in [0.4, 0.5) is 11.5 Å². The first-order valence-electron chi connectivity index (χ1n) is 12.5. The monoisotopic (exact) mass is 509 g/mol. The zero-order valence-electron chi connectivity index (χ0n) is 20.9. The minimum absolute atomic E-state index is 0.0857. The molecular formula is C28H27N7O3. The fraction of sp³-hybridized carbons (Fsp3) is 0.214. The van der Waals surface area contributed by atoms with Crippen molar-refractivity contribution in [2.75, 3.05) is 36.9 Å². The van der Waals surface area contributed by atoms with Crippen molar-refractivity contribution in [1.29, 1.82) is 0 Å². The summed E-state index contributed by atoms with van der Waals surface area (Å²) < 4.78 is 8.67. The molecule has 10 nitrogen and oxygen atoms in total. The van der Waals surface area contributed by atoms with Crippen LogP contribution in [0.3, 0.4) is 0 Å². The van der Waals surface area contributed by atoms with Gasteiger partial charge in [0.05, 0.1) is 30.3 Å². The van der Waals surface area contributed by atoms with Gasteiger partial charge in [-0.2, -0.15) is 0 Å². The Morgan fingerprint density at radius 2 is 1.87 bits per heavy atom. The van der Waals surface area contributed by atoms with E-state index in [2.05, 4.69) is 20.3 Å².